The minimum absolute atomic E-state index is 0.348. The first-order chi connectivity index (χ1) is 11.9. The molecule has 5 nitrogen and oxygen atoms in total. The van der Waals surface area contributed by atoms with Crippen LogP contribution in [0.4, 0.5) is 0 Å². The molecule has 0 aromatic heterocycles. The van der Waals surface area contributed by atoms with Crippen LogP contribution in [0.25, 0.3) is 0 Å². The van der Waals surface area contributed by atoms with Crippen LogP contribution in [0.1, 0.15) is 11.6 Å². The molecule has 0 bridgehead atoms. The van der Waals surface area contributed by atoms with Gasteiger partial charge in [-0.3, -0.25) is 5.43 Å². The maximum absolute atomic E-state index is 5.73. The number of hydrazine groups is 1. The predicted octanol–water partition coefficient (Wildman–Crippen LogP) is 2.13. The van der Waals surface area contributed by atoms with E-state index in [1.54, 1.807) is 7.11 Å². The number of benzene rings is 2. The van der Waals surface area contributed by atoms with Gasteiger partial charge in [-0.15, -0.1) is 0 Å². The third kappa shape index (κ3) is 4.47. The highest BCUT2D eigenvalue weighted by atomic mass is 16.5. The van der Waals surface area contributed by atoms with Crippen molar-refractivity contribution in [1.29, 1.82) is 0 Å². The summed E-state index contributed by atoms with van der Waals surface area (Å²) in [7, 11) is 1.66. The van der Waals surface area contributed by atoms with Gasteiger partial charge in [0.1, 0.15) is 18.1 Å². The number of ether oxygens (including phenoxy) is 2. The van der Waals surface area contributed by atoms with Crippen molar-refractivity contribution in [2.75, 3.05) is 33.4 Å². The topological polar surface area (TPSA) is 54.6 Å². The van der Waals surface area contributed by atoms with Gasteiger partial charge >= 0.3 is 0 Å². The molecule has 2 atom stereocenters. The zero-order valence-electron chi connectivity index (χ0n) is 14.0. The molecule has 5 heteroatoms. The van der Waals surface area contributed by atoms with Gasteiger partial charge in [-0.2, -0.15) is 0 Å². The normalized spacial score (nSPS) is 20.0. The van der Waals surface area contributed by atoms with Crippen molar-refractivity contribution < 1.29 is 9.47 Å². The van der Waals surface area contributed by atoms with Gasteiger partial charge in [-0.25, -0.2) is 5.43 Å². The second-order valence-corrected chi connectivity index (χ2v) is 5.90. The highest BCUT2D eigenvalue weighted by molar-refractivity contribution is 5.31. The van der Waals surface area contributed by atoms with Crippen molar-refractivity contribution in [2.24, 2.45) is 5.92 Å². The maximum atomic E-state index is 5.73. The van der Waals surface area contributed by atoms with E-state index in [9.17, 15) is 0 Å². The van der Waals surface area contributed by atoms with Gasteiger partial charge in [0, 0.05) is 25.6 Å². The van der Waals surface area contributed by atoms with Crippen molar-refractivity contribution in [2.45, 2.75) is 6.04 Å². The summed E-state index contributed by atoms with van der Waals surface area (Å²) in [6.07, 6.45) is 0. The van der Waals surface area contributed by atoms with E-state index in [0.29, 0.717) is 18.6 Å². The average molecular weight is 327 g/mol. The highest BCUT2D eigenvalue weighted by Crippen LogP contribution is 2.23. The lowest BCUT2D eigenvalue weighted by molar-refractivity contribution is 0.306. The van der Waals surface area contributed by atoms with Gasteiger partial charge in [0.2, 0.25) is 0 Å². The van der Waals surface area contributed by atoms with Crippen LogP contribution in [-0.2, 0) is 0 Å². The monoisotopic (exact) mass is 327 g/mol. The third-order valence-electron chi connectivity index (χ3n) is 4.27. The fourth-order valence-corrected chi connectivity index (χ4v) is 2.94. The van der Waals surface area contributed by atoms with Gasteiger partial charge in [-0.1, -0.05) is 30.3 Å². The van der Waals surface area contributed by atoms with Crippen LogP contribution in [-0.4, -0.2) is 33.4 Å². The van der Waals surface area contributed by atoms with Crippen LogP contribution in [0.5, 0.6) is 11.5 Å². The van der Waals surface area contributed by atoms with E-state index in [0.717, 1.165) is 31.1 Å². The minimum atomic E-state index is 0.348. The Balaban J connectivity index is 1.38. The fraction of sp³-hybridized carbons (Fsp3) is 0.368. The number of rotatable bonds is 8. The van der Waals surface area contributed by atoms with Crippen molar-refractivity contribution >= 4 is 0 Å². The summed E-state index contributed by atoms with van der Waals surface area (Å²) < 4.78 is 10.9. The Morgan fingerprint density at radius 1 is 1.04 bits per heavy atom. The Bertz CT molecular complexity index is 604. The predicted molar refractivity (Wildman–Crippen MR) is 95.2 cm³/mol. The van der Waals surface area contributed by atoms with Crippen molar-refractivity contribution in [3.05, 3.63) is 60.2 Å². The first-order valence-electron chi connectivity index (χ1n) is 8.38. The number of nitrogens with one attached hydrogen (secondary N) is 3. The lowest BCUT2D eigenvalue weighted by atomic mass is 9.95. The molecule has 128 valence electrons. The molecule has 0 saturated carbocycles. The van der Waals surface area contributed by atoms with E-state index in [-0.39, 0.29) is 0 Å². The quantitative estimate of drug-likeness (QED) is 0.649. The van der Waals surface area contributed by atoms with Crippen molar-refractivity contribution in [1.82, 2.24) is 16.2 Å². The summed E-state index contributed by atoms with van der Waals surface area (Å²) >= 11 is 0. The second kappa shape index (κ2) is 8.68. The second-order valence-electron chi connectivity index (χ2n) is 5.90. The molecule has 24 heavy (non-hydrogen) atoms. The van der Waals surface area contributed by atoms with Gasteiger partial charge in [0.05, 0.1) is 13.2 Å². The molecule has 0 spiro atoms. The molecular weight excluding hydrogens is 302 g/mol. The summed E-state index contributed by atoms with van der Waals surface area (Å²) in [5.74, 6) is 2.23. The summed E-state index contributed by atoms with van der Waals surface area (Å²) in [5.41, 5.74) is 7.96. The van der Waals surface area contributed by atoms with Gasteiger partial charge < -0.3 is 14.8 Å². The largest absolute Gasteiger partial charge is 0.497 e. The molecular formula is C19H25N3O2. The zero-order valence-corrected chi connectivity index (χ0v) is 14.0. The van der Waals surface area contributed by atoms with Crippen LogP contribution in [0, 0.1) is 5.92 Å². The molecule has 1 saturated heterocycles. The minimum Gasteiger partial charge on any atom is -0.497 e. The lowest BCUT2D eigenvalue weighted by Gasteiger charge is -2.19. The van der Waals surface area contributed by atoms with E-state index in [1.807, 2.05) is 24.3 Å². The van der Waals surface area contributed by atoms with Gasteiger partial charge in [0.25, 0.3) is 0 Å². The Kier molecular flexibility index (Phi) is 6.07. The third-order valence-corrected chi connectivity index (χ3v) is 4.27. The van der Waals surface area contributed by atoms with Crippen LogP contribution >= 0.6 is 0 Å². The van der Waals surface area contributed by atoms with Crippen LogP contribution in [0.3, 0.4) is 0 Å². The molecule has 2 aromatic rings. The standard InChI is InChI=1S/C19H25N3O2/c1-23-17-7-9-18(10-8-17)24-12-11-20-13-16-14-21-22-19(16)15-5-3-2-4-6-15/h2-10,16,19-22H,11-14H2,1H3. The number of methoxy groups -OCH3 is 1. The molecule has 1 heterocycles. The molecule has 0 amide bonds. The maximum Gasteiger partial charge on any atom is 0.119 e. The highest BCUT2D eigenvalue weighted by Gasteiger charge is 2.27. The summed E-state index contributed by atoms with van der Waals surface area (Å²) in [5, 5.41) is 3.49. The molecule has 1 aliphatic heterocycles. The zero-order chi connectivity index (χ0) is 16.6. The average Bonchev–Trinajstić information content (AvgIpc) is 3.11. The van der Waals surface area contributed by atoms with E-state index in [1.165, 1.54) is 5.56 Å². The molecule has 3 rings (SSSR count). The van der Waals surface area contributed by atoms with Crippen molar-refractivity contribution in [3.63, 3.8) is 0 Å². The number of hydrogen-bond acceptors (Lipinski definition) is 5. The fourth-order valence-electron chi connectivity index (χ4n) is 2.94. The van der Waals surface area contributed by atoms with Crippen LogP contribution in [0.2, 0.25) is 0 Å². The Morgan fingerprint density at radius 2 is 1.79 bits per heavy atom. The molecule has 2 unspecified atom stereocenters. The Labute approximate surface area is 143 Å². The molecule has 0 radical (unpaired) electrons. The van der Waals surface area contributed by atoms with Gasteiger partial charge in [-0.05, 0) is 29.8 Å². The summed E-state index contributed by atoms with van der Waals surface area (Å²) in [4.78, 5) is 0. The Morgan fingerprint density at radius 3 is 2.54 bits per heavy atom. The van der Waals surface area contributed by atoms with E-state index < -0.39 is 0 Å². The Hall–Kier alpha value is -2.08. The smallest absolute Gasteiger partial charge is 0.119 e. The van der Waals surface area contributed by atoms with E-state index in [2.05, 4.69) is 46.5 Å². The van der Waals surface area contributed by atoms with Crippen molar-refractivity contribution in [3.8, 4) is 11.5 Å². The first kappa shape index (κ1) is 16.8. The van der Waals surface area contributed by atoms with E-state index >= 15 is 0 Å². The van der Waals surface area contributed by atoms with Crippen LogP contribution in [0.15, 0.2) is 54.6 Å². The number of hydrogen-bond donors (Lipinski definition) is 3. The van der Waals surface area contributed by atoms with Gasteiger partial charge in [0.15, 0.2) is 0 Å². The molecule has 1 aliphatic rings. The summed E-state index contributed by atoms with van der Waals surface area (Å²) in [6, 6.07) is 18.6. The SMILES string of the molecule is COc1ccc(OCCNCC2CNNC2c2ccccc2)cc1. The molecule has 0 aliphatic carbocycles. The molecule has 2 aromatic carbocycles. The summed E-state index contributed by atoms with van der Waals surface area (Å²) in [6.45, 7) is 3.39. The molecule has 3 N–H and O–H groups in total. The lowest BCUT2D eigenvalue weighted by Crippen LogP contribution is -2.31. The van der Waals surface area contributed by atoms with E-state index in [4.69, 9.17) is 9.47 Å². The first-order valence-corrected chi connectivity index (χ1v) is 8.38. The van der Waals surface area contributed by atoms with Crippen LogP contribution < -0.4 is 25.6 Å². The molecule has 1 fully saturated rings.